The van der Waals surface area contributed by atoms with Crippen LogP contribution in [0.4, 0.5) is 0 Å². The molecule has 1 aromatic rings. The molecule has 1 heterocycles. The van der Waals surface area contributed by atoms with Crippen LogP contribution in [0.5, 0.6) is 5.88 Å². The van der Waals surface area contributed by atoms with Gasteiger partial charge in [-0.25, -0.2) is 4.98 Å². The molecule has 1 saturated carbocycles. The minimum atomic E-state index is -1.45. The Morgan fingerprint density at radius 3 is 2.70 bits per heavy atom. The van der Waals surface area contributed by atoms with Gasteiger partial charge in [0.05, 0.1) is 0 Å². The molecule has 1 aliphatic rings. The lowest BCUT2D eigenvalue weighted by atomic mass is 9.92. The van der Waals surface area contributed by atoms with Crippen molar-refractivity contribution in [3.05, 3.63) is 23.9 Å². The van der Waals surface area contributed by atoms with Gasteiger partial charge in [-0.1, -0.05) is 6.42 Å². The quantitative estimate of drug-likeness (QED) is 0.786. The van der Waals surface area contributed by atoms with E-state index in [-0.39, 0.29) is 12.6 Å². The van der Waals surface area contributed by atoms with E-state index < -0.39 is 17.3 Å². The van der Waals surface area contributed by atoms with Crippen molar-refractivity contribution in [3.63, 3.8) is 0 Å². The number of carbonyl (C=O) groups excluding carboxylic acids is 1. The number of nitrogens with zero attached hydrogens (tertiary/aromatic N) is 1. The standard InChI is InChI=1S/C17H24N2O4/c1-17(2,16(21)22)15(20)19-11-12-8-9-18-14(10-12)23-13-6-4-3-5-7-13/h8-10,13H,3-7,11H2,1-2H3,(H,19,20)(H,21,22). The molecule has 0 bridgehead atoms. The highest BCUT2D eigenvalue weighted by atomic mass is 16.5. The van der Waals surface area contributed by atoms with E-state index in [1.165, 1.54) is 33.1 Å². The van der Waals surface area contributed by atoms with E-state index in [0.717, 1.165) is 18.4 Å². The van der Waals surface area contributed by atoms with Gasteiger partial charge in [0, 0.05) is 18.8 Å². The number of amides is 1. The van der Waals surface area contributed by atoms with E-state index in [1.54, 1.807) is 18.3 Å². The lowest BCUT2D eigenvalue weighted by Gasteiger charge is -2.22. The van der Waals surface area contributed by atoms with E-state index in [4.69, 9.17) is 9.84 Å². The maximum Gasteiger partial charge on any atom is 0.318 e. The topological polar surface area (TPSA) is 88.5 Å². The number of carbonyl (C=O) groups is 2. The maximum absolute atomic E-state index is 11.9. The first kappa shape index (κ1) is 17.2. The summed E-state index contributed by atoms with van der Waals surface area (Å²) in [6, 6.07) is 3.57. The molecule has 0 radical (unpaired) electrons. The third kappa shape index (κ3) is 4.68. The van der Waals surface area contributed by atoms with Crippen LogP contribution in [-0.2, 0) is 16.1 Å². The largest absolute Gasteiger partial charge is 0.480 e. The molecule has 0 aliphatic heterocycles. The molecule has 1 amide bonds. The molecule has 2 rings (SSSR count). The average Bonchev–Trinajstić information content (AvgIpc) is 2.53. The summed E-state index contributed by atoms with van der Waals surface area (Å²) in [5.74, 6) is -1.11. The Kier molecular flexibility index (Phi) is 5.58. The van der Waals surface area contributed by atoms with Gasteiger partial charge < -0.3 is 15.2 Å². The summed E-state index contributed by atoms with van der Waals surface area (Å²) in [4.78, 5) is 27.2. The molecule has 23 heavy (non-hydrogen) atoms. The molecule has 0 aromatic carbocycles. The molecule has 6 nitrogen and oxygen atoms in total. The number of carboxylic acid groups (broad SMARTS) is 1. The highest BCUT2D eigenvalue weighted by Gasteiger charge is 2.35. The molecule has 126 valence electrons. The maximum atomic E-state index is 11.9. The van der Waals surface area contributed by atoms with Gasteiger partial charge in [-0.05, 0) is 51.2 Å². The number of pyridine rings is 1. The van der Waals surface area contributed by atoms with Crippen LogP contribution in [0.2, 0.25) is 0 Å². The second kappa shape index (κ2) is 7.44. The van der Waals surface area contributed by atoms with Crippen LogP contribution >= 0.6 is 0 Å². The van der Waals surface area contributed by atoms with Crippen LogP contribution in [0, 0.1) is 5.41 Å². The minimum absolute atomic E-state index is 0.215. The Morgan fingerprint density at radius 2 is 2.04 bits per heavy atom. The molecule has 1 aromatic heterocycles. The van der Waals surface area contributed by atoms with Crippen molar-refractivity contribution in [1.29, 1.82) is 0 Å². The second-order valence-corrected chi connectivity index (χ2v) is 6.49. The van der Waals surface area contributed by atoms with E-state index in [1.807, 2.05) is 0 Å². The molecule has 0 spiro atoms. The van der Waals surface area contributed by atoms with Crippen molar-refractivity contribution in [1.82, 2.24) is 10.3 Å². The third-order valence-electron chi connectivity index (χ3n) is 4.19. The van der Waals surface area contributed by atoms with Crippen LogP contribution in [0.3, 0.4) is 0 Å². The number of hydrogen-bond donors (Lipinski definition) is 2. The number of carboxylic acids is 1. The first-order valence-electron chi connectivity index (χ1n) is 8.03. The van der Waals surface area contributed by atoms with Gasteiger partial charge in [-0.15, -0.1) is 0 Å². The average molecular weight is 320 g/mol. The van der Waals surface area contributed by atoms with Crippen LogP contribution in [0.15, 0.2) is 18.3 Å². The first-order chi connectivity index (χ1) is 10.9. The predicted molar refractivity (Wildman–Crippen MR) is 85.0 cm³/mol. The lowest BCUT2D eigenvalue weighted by Crippen LogP contribution is -2.41. The molecule has 2 N–H and O–H groups in total. The van der Waals surface area contributed by atoms with Crippen molar-refractivity contribution >= 4 is 11.9 Å². The first-order valence-corrected chi connectivity index (χ1v) is 8.03. The summed E-state index contributed by atoms with van der Waals surface area (Å²) < 4.78 is 5.89. The van der Waals surface area contributed by atoms with Crippen molar-refractivity contribution < 1.29 is 19.4 Å². The van der Waals surface area contributed by atoms with E-state index >= 15 is 0 Å². The van der Waals surface area contributed by atoms with Gasteiger partial charge in [0.2, 0.25) is 11.8 Å². The fourth-order valence-electron chi connectivity index (χ4n) is 2.48. The zero-order chi connectivity index (χ0) is 16.9. The number of hydrogen-bond acceptors (Lipinski definition) is 4. The van der Waals surface area contributed by atoms with E-state index in [2.05, 4.69) is 10.3 Å². The molecule has 0 saturated heterocycles. The second-order valence-electron chi connectivity index (χ2n) is 6.49. The van der Waals surface area contributed by atoms with Gasteiger partial charge in [0.15, 0.2) is 0 Å². The molecule has 1 aliphatic carbocycles. The van der Waals surface area contributed by atoms with Crippen molar-refractivity contribution in [2.75, 3.05) is 0 Å². The van der Waals surface area contributed by atoms with Crippen LogP contribution in [-0.4, -0.2) is 28.1 Å². The van der Waals surface area contributed by atoms with Gasteiger partial charge in [0.1, 0.15) is 11.5 Å². The zero-order valence-corrected chi connectivity index (χ0v) is 13.7. The van der Waals surface area contributed by atoms with Crippen LogP contribution < -0.4 is 10.1 Å². The number of ether oxygens (including phenoxy) is 1. The van der Waals surface area contributed by atoms with Gasteiger partial charge in [0.25, 0.3) is 0 Å². The Bertz CT molecular complexity index is 565. The van der Waals surface area contributed by atoms with Crippen molar-refractivity contribution in [3.8, 4) is 5.88 Å². The summed E-state index contributed by atoms with van der Waals surface area (Å²) in [6.45, 7) is 3.02. The SMILES string of the molecule is CC(C)(C(=O)O)C(=O)NCc1ccnc(OC2CCCCC2)c1. The Labute approximate surface area is 136 Å². The smallest absolute Gasteiger partial charge is 0.318 e. The van der Waals surface area contributed by atoms with Crippen molar-refractivity contribution in [2.24, 2.45) is 5.41 Å². The predicted octanol–water partition coefficient (Wildman–Crippen LogP) is 2.52. The van der Waals surface area contributed by atoms with Crippen LogP contribution in [0.1, 0.15) is 51.5 Å². The van der Waals surface area contributed by atoms with E-state index in [0.29, 0.717) is 5.88 Å². The highest BCUT2D eigenvalue weighted by molar-refractivity contribution is 6.00. The minimum Gasteiger partial charge on any atom is -0.480 e. The number of rotatable bonds is 6. The monoisotopic (exact) mass is 320 g/mol. The van der Waals surface area contributed by atoms with Gasteiger partial charge >= 0.3 is 5.97 Å². The van der Waals surface area contributed by atoms with Crippen LogP contribution in [0.25, 0.3) is 0 Å². The molecular weight excluding hydrogens is 296 g/mol. The Balaban J connectivity index is 1.92. The lowest BCUT2D eigenvalue weighted by molar-refractivity contribution is -0.153. The fraction of sp³-hybridized carbons (Fsp3) is 0.588. The Morgan fingerprint density at radius 1 is 1.35 bits per heavy atom. The normalized spacial score (nSPS) is 15.9. The molecule has 6 heteroatoms. The Hall–Kier alpha value is -2.11. The zero-order valence-electron chi connectivity index (χ0n) is 13.7. The van der Waals surface area contributed by atoms with Crippen molar-refractivity contribution in [2.45, 2.75) is 58.6 Å². The number of aliphatic carboxylic acids is 1. The van der Waals surface area contributed by atoms with E-state index in [9.17, 15) is 9.59 Å². The molecule has 0 atom stereocenters. The summed E-state index contributed by atoms with van der Waals surface area (Å²) in [5, 5.41) is 11.7. The fourth-order valence-corrected chi connectivity index (χ4v) is 2.48. The summed E-state index contributed by atoms with van der Waals surface area (Å²) in [6.07, 6.45) is 7.59. The third-order valence-corrected chi connectivity index (χ3v) is 4.19. The molecule has 1 fully saturated rings. The van der Waals surface area contributed by atoms with Gasteiger partial charge in [-0.3, -0.25) is 9.59 Å². The summed E-state index contributed by atoms with van der Waals surface area (Å²) in [7, 11) is 0. The summed E-state index contributed by atoms with van der Waals surface area (Å²) in [5.41, 5.74) is -0.616. The summed E-state index contributed by atoms with van der Waals surface area (Å²) >= 11 is 0. The highest BCUT2D eigenvalue weighted by Crippen LogP contribution is 2.22. The number of nitrogens with one attached hydrogen (secondary N) is 1. The van der Waals surface area contributed by atoms with Gasteiger partial charge in [-0.2, -0.15) is 0 Å². The molecule has 0 unspecified atom stereocenters. The number of aromatic nitrogens is 1. The molecular formula is C17H24N2O4.